The fraction of sp³-hybridized carbons (Fsp3) is 1.00. The molecule has 0 spiro atoms. The van der Waals surface area contributed by atoms with Crippen molar-refractivity contribution in [1.82, 2.24) is 4.72 Å². The van der Waals surface area contributed by atoms with E-state index >= 15 is 0 Å². The van der Waals surface area contributed by atoms with Crippen LogP contribution in [0, 0.1) is 0 Å². The summed E-state index contributed by atoms with van der Waals surface area (Å²) in [4.78, 5) is 0. The zero-order valence-corrected chi connectivity index (χ0v) is 9.24. The third-order valence-electron chi connectivity index (χ3n) is 1.52. The van der Waals surface area contributed by atoms with E-state index in [1.807, 2.05) is 0 Å². The van der Waals surface area contributed by atoms with Crippen molar-refractivity contribution in [3.8, 4) is 0 Å². The predicted molar refractivity (Wildman–Crippen MR) is 53.4 cm³/mol. The van der Waals surface area contributed by atoms with Gasteiger partial charge < -0.3 is 5.11 Å². The van der Waals surface area contributed by atoms with Crippen LogP contribution in [0.1, 0.15) is 19.8 Å². The minimum atomic E-state index is -3.22. The minimum absolute atomic E-state index is 0.0575. The molecule has 6 heteroatoms. The van der Waals surface area contributed by atoms with Gasteiger partial charge in [-0.25, -0.2) is 13.1 Å². The maximum atomic E-state index is 11.1. The first-order chi connectivity index (χ1) is 6.02. The van der Waals surface area contributed by atoms with Crippen LogP contribution in [0.3, 0.4) is 0 Å². The molecule has 1 atom stereocenters. The SMILES string of the molecule is CC(CCCO)NS(=O)(=O)CCCl. The molecule has 0 amide bonds. The van der Waals surface area contributed by atoms with Gasteiger partial charge in [0.15, 0.2) is 0 Å². The first-order valence-electron chi connectivity index (χ1n) is 4.18. The number of rotatable bonds is 7. The fourth-order valence-electron chi connectivity index (χ4n) is 0.923. The van der Waals surface area contributed by atoms with Gasteiger partial charge in [-0.2, -0.15) is 0 Å². The first-order valence-corrected chi connectivity index (χ1v) is 6.37. The van der Waals surface area contributed by atoms with E-state index in [1.165, 1.54) is 0 Å². The Morgan fingerprint density at radius 2 is 2.15 bits per heavy atom. The van der Waals surface area contributed by atoms with Crippen LogP contribution in [0.5, 0.6) is 0 Å². The Morgan fingerprint density at radius 3 is 2.62 bits per heavy atom. The van der Waals surface area contributed by atoms with E-state index in [-0.39, 0.29) is 24.3 Å². The third kappa shape index (κ3) is 7.25. The van der Waals surface area contributed by atoms with Crippen LogP contribution in [0.15, 0.2) is 0 Å². The van der Waals surface area contributed by atoms with Crippen LogP contribution in [0.4, 0.5) is 0 Å². The van der Waals surface area contributed by atoms with Gasteiger partial charge in [0.05, 0.1) is 5.75 Å². The molecule has 0 aromatic rings. The summed E-state index contributed by atoms with van der Waals surface area (Å²) in [7, 11) is -3.22. The summed E-state index contributed by atoms with van der Waals surface area (Å²) in [6.45, 7) is 1.85. The van der Waals surface area contributed by atoms with Crippen molar-refractivity contribution in [1.29, 1.82) is 0 Å². The van der Waals surface area contributed by atoms with Gasteiger partial charge in [0.2, 0.25) is 10.0 Å². The zero-order valence-electron chi connectivity index (χ0n) is 7.66. The lowest BCUT2D eigenvalue weighted by molar-refractivity contribution is 0.279. The molecule has 0 rings (SSSR count). The highest BCUT2D eigenvalue weighted by molar-refractivity contribution is 7.89. The molecule has 2 N–H and O–H groups in total. The monoisotopic (exact) mass is 229 g/mol. The highest BCUT2D eigenvalue weighted by atomic mass is 35.5. The topological polar surface area (TPSA) is 66.4 Å². The molecule has 0 heterocycles. The second-order valence-electron chi connectivity index (χ2n) is 2.89. The van der Waals surface area contributed by atoms with Crippen molar-refractivity contribution in [2.24, 2.45) is 0 Å². The lowest BCUT2D eigenvalue weighted by Crippen LogP contribution is -2.34. The lowest BCUT2D eigenvalue weighted by Gasteiger charge is -2.12. The smallest absolute Gasteiger partial charge is 0.213 e. The second kappa shape index (κ2) is 6.59. The summed E-state index contributed by atoms with van der Waals surface area (Å²) in [6.07, 6.45) is 1.24. The number of sulfonamides is 1. The van der Waals surface area contributed by atoms with Crippen molar-refractivity contribution in [2.45, 2.75) is 25.8 Å². The van der Waals surface area contributed by atoms with E-state index in [4.69, 9.17) is 16.7 Å². The van der Waals surface area contributed by atoms with E-state index in [1.54, 1.807) is 6.92 Å². The number of halogens is 1. The van der Waals surface area contributed by atoms with Gasteiger partial charge in [-0.1, -0.05) is 0 Å². The molecule has 0 aliphatic rings. The van der Waals surface area contributed by atoms with Crippen LogP contribution in [0.25, 0.3) is 0 Å². The van der Waals surface area contributed by atoms with Crippen molar-refractivity contribution < 1.29 is 13.5 Å². The van der Waals surface area contributed by atoms with Gasteiger partial charge in [0.1, 0.15) is 0 Å². The summed E-state index contributed by atoms with van der Waals surface area (Å²) in [5.41, 5.74) is 0. The largest absolute Gasteiger partial charge is 0.396 e. The molecule has 0 bridgehead atoms. The minimum Gasteiger partial charge on any atom is -0.396 e. The summed E-state index contributed by atoms with van der Waals surface area (Å²) in [5.74, 6) is 0.0417. The van der Waals surface area contributed by atoms with Gasteiger partial charge in [0, 0.05) is 18.5 Å². The van der Waals surface area contributed by atoms with E-state index in [0.717, 1.165) is 0 Å². The Hall–Kier alpha value is 0.160. The number of aliphatic hydroxyl groups is 1. The van der Waals surface area contributed by atoms with Crippen LogP contribution in [-0.4, -0.2) is 37.8 Å². The van der Waals surface area contributed by atoms with Crippen molar-refractivity contribution in [3.63, 3.8) is 0 Å². The number of hydrogen-bond donors (Lipinski definition) is 2. The van der Waals surface area contributed by atoms with Crippen LogP contribution in [-0.2, 0) is 10.0 Å². The Morgan fingerprint density at radius 1 is 1.54 bits per heavy atom. The maximum absolute atomic E-state index is 11.1. The Bertz CT molecular complexity index is 218. The average molecular weight is 230 g/mol. The summed E-state index contributed by atoms with van der Waals surface area (Å²) >= 11 is 5.31. The molecule has 0 aliphatic heterocycles. The Kier molecular flexibility index (Phi) is 6.67. The van der Waals surface area contributed by atoms with Gasteiger partial charge in [0.25, 0.3) is 0 Å². The van der Waals surface area contributed by atoms with Crippen LogP contribution in [0.2, 0.25) is 0 Å². The van der Waals surface area contributed by atoms with Crippen molar-refractivity contribution >= 4 is 21.6 Å². The van der Waals surface area contributed by atoms with Gasteiger partial charge in [-0.05, 0) is 19.8 Å². The van der Waals surface area contributed by atoms with Gasteiger partial charge in [-0.3, -0.25) is 0 Å². The van der Waals surface area contributed by atoms with Gasteiger partial charge >= 0.3 is 0 Å². The molecule has 0 saturated carbocycles. The third-order valence-corrected chi connectivity index (χ3v) is 3.44. The molecular formula is C7H16ClNO3S. The van der Waals surface area contributed by atoms with Crippen LogP contribution < -0.4 is 4.72 Å². The molecule has 1 unspecified atom stereocenters. The van der Waals surface area contributed by atoms with E-state index < -0.39 is 10.0 Å². The molecule has 0 radical (unpaired) electrons. The quantitative estimate of drug-likeness (QED) is 0.618. The second-order valence-corrected chi connectivity index (χ2v) is 5.14. The molecule has 0 aromatic heterocycles. The summed E-state index contributed by atoms with van der Waals surface area (Å²) < 4.78 is 24.8. The highest BCUT2D eigenvalue weighted by Gasteiger charge is 2.12. The van der Waals surface area contributed by atoms with Gasteiger partial charge in [-0.15, -0.1) is 11.6 Å². The zero-order chi connectivity index (χ0) is 10.3. The standard InChI is InChI=1S/C7H16ClNO3S/c1-7(3-2-5-10)9-13(11,12)6-4-8/h7,9-10H,2-6H2,1H3. The lowest BCUT2D eigenvalue weighted by atomic mass is 10.2. The van der Waals surface area contributed by atoms with E-state index in [2.05, 4.69) is 4.72 Å². The molecular weight excluding hydrogens is 214 g/mol. The van der Waals surface area contributed by atoms with E-state index in [0.29, 0.717) is 12.8 Å². The molecule has 0 aliphatic carbocycles. The first kappa shape index (κ1) is 13.2. The Labute approximate surface area is 84.3 Å². The molecule has 4 nitrogen and oxygen atoms in total. The average Bonchev–Trinajstić information content (AvgIpc) is 1.99. The number of nitrogens with one attached hydrogen (secondary N) is 1. The Balaban J connectivity index is 3.82. The fourth-order valence-corrected chi connectivity index (χ4v) is 2.58. The maximum Gasteiger partial charge on any atom is 0.213 e. The molecule has 0 aromatic carbocycles. The van der Waals surface area contributed by atoms with Crippen LogP contribution >= 0.6 is 11.6 Å². The van der Waals surface area contributed by atoms with Crippen molar-refractivity contribution in [3.05, 3.63) is 0 Å². The van der Waals surface area contributed by atoms with Crippen molar-refractivity contribution in [2.75, 3.05) is 18.2 Å². The molecule has 0 fully saturated rings. The molecule has 80 valence electrons. The summed E-state index contributed by atoms with van der Waals surface area (Å²) in [6, 6.07) is -0.139. The number of hydrogen-bond acceptors (Lipinski definition) is 3. The van der Waals surface area contributed by atoms with E-state index in [9.17, 15) is 8.42 Å². The number of alkyl halides is 1. The predicted octanol–water partition coefficient (Wildman–Crippen LogP) is 0.306. The normalized spacial score (nSPS) is 14.4. The number of aliphatic hydroxyl groups excluding tert-OH is 1. The molecule has 0 saturated heterocycles. The highest BCUT2D eigenvalue weighted by Crippen LogP contribution is 1.98. The molecule has 13 heavy (non-hydrogen) atoms. The summed E-state index contributed by atoms with van der Waals surface area (Å²) in [5, 5.41) is 8.52.